The zero-order valence-corrected chi connectivity index (χ0v) is 8.62. The second-order valence-electron chi connectivity index (χ2n) is 3.06. The Kier molecular flexibility index (Phi) is 4.84. The van der Waals surface area contributed by atoms with Gasteiger partial charge in [0.15, 0.2) is 0 Å². The minimum atomic E-state index is -0.518. The predicted octanol–water partition coefficient (Wildman–Crippen LogP) is 1.27. The van der Waals surface area contributed by atoms with Crippen LogP contribution in [0.3, 0.4) is 0 Å². The summed E-state index contributed by atoms with van der Waals surface area (Å²) in [6.45, 7) is 3.62. The van der Waals surface area contributed by atoms with Crippen molar-refractivity contribution >= 4 is 17.7 Å². The third-order valence-electron chi connectivity index (χ3n) is 1.35. The first-order chi connectivity index (χ1) is 5.52. The van der Waals surface area contributed by atoms with Gasteiger partial charge in [-0.2, -0.15) is 11.8 Å². The summed E-state index contributed by atoms with van der Waals surface area (Å²) in [4.78, 5) is 11.2. The van der Waals surface area contributed by atoms with Gasteiger partial charge >= 0.3 is 0 Å². The third kappa shape index (κ3) is 5.09. The number of nitrogens with one attached hydrogen (secondary N) is 1. The van der Waals surface area contributed by atoms with Crippen LogP contribution in [0.25, 0.3) is 0 Å². The van der Waals surface area contributed by atoms with E-state index in [1.807, 2.05) is 20.1 Å². The zero-order valence-electron chi connectivity index (χ0n) is 7.81. The highest BCUT2D eigenvalue weighted by Gasteiger charge is 2.15. The number of carbonyl (C=O) groups is 1. The predicted molar refractivity (Wildman–Crippen MR) is 54.1 cm³/mol. The minimum absolute atomic E-state index is 0.0206. The second kappa shape index (κ2) is 5.10. The summed E-state index contributed by atoms with van der Waals surface area (Å²) in [7, 11) is 0. The van der Waals surface area contributed by atoms with Crippen LogP contribution in [0.4, 0.5) is 0 Å². The standard InChI is InChI=1S/C9H15NOS/c1-5-9(2,3)10-8(11)6-7-12-4/h1H,6-7H2,2-4H3,(H,10,11). The van der Waals surface area contributed by atoms with E-state index in [9.17, 15) is 4.79 Å². The monoisotopic (exact) mass is 185 g/mol. The lowest BCUT2D eigenvalue weighted by Gasteiger charge is -2.19. The van der Waals surface area contributed by atoms with Gasteiger partial charge < -0.3 is 5.32 Å². The fourth-order valence-electron chi connectivity index (χ4n) is 0.642. The third-order valence-corrected chi connectivity index (χ3v) is 1.96. The zero-order chi connectivity index (χ0) is 9.61. The van der Waals surface area contributed by atoms with Crippen LogP contribution in [-0.2, 0) is 4.79 Å². The molecule has 1 N–H and O–H groups in total. The van der Waals surface area contributed by atoms with Gasteiger partial charge in [-0.15, -0.1) is 6.42 Å². The molecule has 0 radical (unpaired) electrons. The van der Waals surface area contributed by atoms with Gasteiger partial charge in [0.2, 0.25) is 5.91 Å². The quantitative estimate of drug-likeness (QED) is 0.668. The summed E-state index contributed by atoms with van der Waals surface area (Å²) in [5.41, 5.74) is -0.518. The Morgan fingerprint density at radius 3 is 2.67 bits per heavy atom. The van der Waals surface area contributed by atoms with E-state index in [0.29, 0.717) is 6.42 Å². The van der Waals surface area contributed by atoms with E-state index in [2.05, 4.69) is 11.2 Å². The number of terminal acetylenes is 1. The van der Waals surface area contributed by atoms with Crippen LogP contribution >= 0.6 is 11.8 Å². The van der Waals surface area contributed by atoms with Gasteiger partial charge in [0.05, 0.1) is 5.54 Å². The lowest BCUT2D eigenvalue weighted by atomic mass is 10.1. The Hall–Kier alpha value is -0.620. The SMILES string of the molecule is C#CC(C)(C)NC(=O)CCSC. The number of hydrogen-bond donors (Lipinski definition) is 1. The summed E-state index contributed by atoms with van der Waals surface area (Å²) in [6.07, 6.45) is 7.72. The molecule has 1 amide bonds. The van der Waals surface area contributed by atoms with Crippen LogP contribution in [0.15, 0.2) is 0 Å². The Morgan fingerprint density at radius 1 is 1.67 bits per heavy atom. The maximum atomic E-state index is 11.2. The molecule has 0 rings (SSSR count). The number of rotatable bonds is 4. The molecule has 0 aromatic carbocycles. The number of carbonyl (C=O) groups excluding carboxylic acids is 1. The molecule has 0 heterocycles. The fraction of sp³-hybridized carbons (Fsp3) is 0.667. The lowest BCUT2D eigenvalue weighted by molar-refractivity contribution is -0.121. The van der Waals surface area contributed by atoms with Crippen LogP contribution in [0.5, 0.6) is 0 Å². The van der Waals surface area contributed by atoms with Crippen molar-refractivity contribution in [2.45, 2.75) is 25.8 Å². The largest absolute Gasteiger partial charge is 0.340 e. The maximum Gasteiger partial charge on any atom is 0.221 e. The van der Waals surface area contributed by atoms with E-state index in [0.717, 1.165) is 5.75 Å². The smallest absolute Gasteiger partial charge is 0.221 e. The van der Waals surface area contributed by atoms with Crippen LogP contribution < -0.4 is 5.32 Å². The molecule has 0 fully saturated rings. The van der Waals surface area contributed by atoms with Crippen molar-refractivity contribution in [2.24, 2.45) is 0 Å². The average Bonchev–Trinajstić information content (AvgIpc) is 2.00. The molecular formula is C9H15NOS. The first-order valence-corrected chi connectivity index (χ1v) is 5.19. The lowest BCUT2D eigenvalue weighted by Crippen LogP contribution is -2.42. The average molecular weight is 185 g/mol. The molecule has 0 atom stereocenters. The number of thioether (sulfide) groups is 1. The second-order valence-corrected chi connectivity index (χ2v) is 4.05. The van der Waals surface area contributed by atoms with Gasteiger partial charge in [0.1, 0.15) is 0 Å². The number of hydrogen-bond acceptors (Lipinski definition) is 2. The Balaban J connectivity index is 3.78. The molecule has 68 valence electrons. The molecule has 3 heteroatoms. The van der Waals surface area contributed by atoms with Crippen molar-refractivity contribution in [3.05, 3.63) is 0 Å². The normalized spacial score (nSPS) is 10.5. The van der Waals surface area contributed by atoms with E-state index < -0.39 is 5.54 Å². The first-order valence-electron chi connectivity index (χ1n) is 3.79. The molecule has 0 bridgehead atoms. The molecular weight excluding hydrogens is 170 g/mol. The van der Waals surface area contributed by atoms with E-state index >= 15 is 0 Å². The van der Waals surface area contributed by atoms with Gasteiger partial charge in [-0.1, -0.05) is 5.92 Å². The van der Waals surface area contributed by atoms with E-state index in [1.54, 1.807) is 11.8 Å². The van der Waals surface area contributed by atoms with Crippen molar-refractivity contribution in [1.82, 2.24) is 5.32 Å². The molecule has 0 aromatic heterocycles. The van der Waals surface area contributed by atoms with Crippen molar-refractivity contribution < 1.29 is 4.79 Å². The Labute approximate surface area is 78.5 Å². The summed E-state index contributed by atoms with van der Waals surface area (Å²) < 4.78 is 0. The summed E-state index contributed by atoms with van der Waals surface area (Å²) in [5.74, 6) is 3.37. The highest BCUT2D eigenvalue weighted by molar-refractivity contribution is 7.98. The maximum absolute atomic E-state index is 11.2. The summed E-state index contributed by atoms with van der Waals surface area (Å²) >= 11 is 1.65. The topological polar surface area (TPSA) is 29.1 Å². The van der Waals surface area contributed by atoms with E-state index in [1.165, 1.54) is 0 Å². The molecule has 0 spiro atoms. The molecule has 12 heavy (non-hydrogen) atoms. The van der Waals surface area contributed by atoms with Gasteiger partial charge in [-0.3, -0.25) is 4.79 Å². The molecule has 0 aliphatic heterocycles. The van der Waals surface area contributed by atoms with Crippen molar-refractivity contribution in [2.75, 3.05) is 12.0 Å². The number of amides is 1. The van der Waals surface area contributed by atoms with E-state index in [4.69, 9.17) is 6.42 Å². The van der Waals surface area contributed by atoms with Gasteiger partial charge in [0.25, 0.3) is 0 Å². The molecule has 0 unspecified atom stereocenters. The van der Waals surface area contributed by atoms with Crippen LogP contribution in [0.1, 0.15) is 20.3 Å². The molecule has 0 saturated carbocycles. The minimum Gasteiger partial charge on any atom is -0.340 e. The highest BCUT2D eigenvalue weighted by atomic mass is 32.2. The van der Waals surface area contributed by atoms with Crippen molar-refractivity contribution in [1.29, 1.82) is 0 Å². The highest BCUT2D eigenvalue weighted by Crippen LogP contribution is 2.01. The molecule has 0 aliphatic carbocycles. The van der Waals surface area contributed by atoms with Crippen molar-refractivity contribution in [3.8, 4) is 12.3 Å². The van der Waals surface area contributed by atoms with Crippen molar-refractivity contribution in [3.63, 3.8) is 0 Å². The van der Waals surface area contributed by atoms with Gasteiger partial charge in [-0.05, 0) is 20.1 Å². The van der Waals surface area contributed by atoms with E-state index in [-0.39, 0.29) is 5.91 Å². The van der Waals surface area contributed by atoms with Crippen LogP contribution in [-0.4, -0.2) is 23.5 Å². The van der Waals surface area contributed by atoms with Crippen LogP contribution in [0, 0.1) is 12.3 Å². The van der Waals surface area contributed by atoms with Gasteiger partial charge in [0, 0.05) is 12.2 Å². The summed E-state index contributed by atoms with van der Waals surface area (Å²) in [6, 6.07) is 0. The molecule has 0 aliphatic rings. The van der Waals surface area contributed by atoms with Gasteiger partial charge in [-0.25, -0.2) is 0 Å². The molecule has 2 nitrogen and oxygen atoms in total. The Bertz CT molecular complexity index is 193. The summed E-state index contributed by atoms with van der Waals surface area (Å²) in [5, 5.41) is 2.75. The fourth-order valence-corrected chi connectivity index (χ4v) is 1.03. The molecule has 0 aromatic rings. The van der Waals surface area contributed by atoms with Crippen LogP contribution in [0.2, 0.25) is 0 Å². The molecule has 0 saturated heterocycles. The first kappa shape index (κ1) is 11.4. The Morgan fingerprint density at radius 2 is 2.25 bits per heavy atom.